The van der Waals surface area contributed by atoms with Gasteiger partial charge in [-0.05, 0) is 84.0 Å². The van der Waals surface area contributed by atoms with E-state index < -0.39 is 6.23 Å². The largest absolute Gasteiger partial charge is 0.450 e. The summed E-state index contributed by atoms with van der Waals surface area (Å²) in [5.41, 5.74) is 0.352. The van der Waals surface area contributed by atoms with Gasteiger partial charge in [0.15, 0.2) is 0 Å². The van der Waals surface area contributed by atoms with Crippen molar-refractivity contribution in [1.29, 1.82) is 0 Å². The Balaban J connectivity index is 1.22. The summed E-state index contributed by atoms with van der Waals surface area (Å²) in [5, 5.41) is 13.3. The van der Waals surface area contributed by atoms with Gasteiger partial charge in [-0.25, -0.2) is 4.79 Å². The Hall–Kier alpha value is -0.890. The maximum absolute atomic E-state index is 12.0. The highest BCUT2D eigenvalue weighted by Gasteiger charge is 2.51. The molecule has 4 aliphatic rings. The quantitative estimate of drug-likeness (QED) is 0.688. The van der Waals surface area contributed by atoms with Gasteiger partial charge in [0.05, 0.1) is 6.61 Å². The number of aliphatic hydroxyl groups is 1. The minimum absolute atomic E-state index is 0.132. The fourth-order valence-corrected chi connectivity index (χ4v) is 6.22. The zero-order valence-corrected chi connectivity index (χ0v) is 17.6. The molecular formula is C21H38N4O3. The van der Waals surface area contributed by atoms with Crippen molar-refractivity contribution in [2.45, 2.75) is 76.2 Å². The van der Waals surface area contributed by atoms with Crippen LogP contribution in [0, 0.1) is 5.41 Å². The summed E-state index contributed by atoms with van der Waals surface area (Å²) in [6.07, 6.45) is 7.80. The summed E-state index contributed by atoms with van der Waals surface area (Å²) >= 11 is 0. The van der Waals surface area contributed by atoms with Crippen molar-refractivity contribution < 1.29 is 14.6 Å². The van der Waals surface area contributed by atoms with Crippen molar-refractivity contribution in [2.24, 2.45) is 5.41 Å². The monoisotopic (exact) mass is 394 g/mol. The highest BCUT2D eigenvalue weighted by atomic mass is 16.6. The molecule has 0 aromatic carbocycles. The molecule has 7 nitrogen and oxygen atoms in total. The number of nitrogens with zero attached hydrogens (tertiary/aromatic N) is 3. The first kappa shape index (κ1) is 20.4. The Morgan fingerprint density at radius 3 is 2.61 bits per heavy atom. The predicted molar refractivity (Wildman–Crippen MR) is 108 cm³/mol. The number of carbonyl (C=O) groups excluding carboxylic acids is 1. The van der Waals surface area contributed by atoms with Gasteiger partial charge in [0.25, 0.3) is 0 Å². The van der Waals surface area contributed by atoms with E-state index in [1.54, 1.807) is 0 Å². The average molecular weight is 395 g/mol. The van der Waals surface area contributed by atoms with E-state index in [0.717, 1.165) is 32.5 Å². The number of likely N-dealkylation sites (tertiary alicyclic amines) is 3. The molecule has 4 fully saturated rings. The molecule has 2 N–H and O–H groups in total. The average Bonchev–Trinajstić information content (AvgIpc) is 3.34. The zero-order valence-electron chi connectivity index (χ0n) is 17.6. The lowest BCUT2D eigenvalue weighted by molar-refractivity contribution is -0.0278. The van der Waals surface area contributed by atoms with Crippen molar-refractivity contribution >= 4 is 6.09 Å². The van der Waals surface area contributed by atoms with Crippen LogP contribution in [-0.2, 0) is 4.74 Å². The van der Waals surface area contributed by atoms with Crippen LogP contribution in [0.25, 0.3) is 0 Å². The lowest BCUT2D eigenvalue weighted by atomic mass is 9.64. The number of carbonyl (C=O) groups is 1. The van der Waals surface area contributed by atoms with Crippen LogP contribution >= 0.6 is 0 Å². The van der Waals surface area contributed by atoms with Crippen molar-refractivity contribution in [2.75, 3.05) is 46.4 Å². The van der Waals surface area contributed by atoms with Gasteiger partial charge in [0.2, 0.25) is 0 Å². The fourth-order valence-electron chi connectivity index (χ4n) is 6.22. The first-order chi connectivity index (χ1) is 13.5. The summed E-state index contributed by atoms with van der Waals surface area (Å²) in [6, 6.07) is 1.59. The molecule has 3 heterocycles. The van der Waals surface area contributed by atoms with E-state index in [1.807, 2.05) is 18.9 Å². The van der Waals surface area contributed by atoms with Crippen LogP contribution < -0.4 is 5.32 Å². The summed E-state index contributed by atoms with van der Waals surface area (Å²) < 4.78 is 5.17. The van der Waals surface area contributed by atoms with Gasteiger partial charge in [-0.1, -0.05) is 0 Å². The van der Waals surface area contributed by atoms with E-state index in [2.05, 4.69) is 15.1 Å². The molecular weight excluding hydrogens is 356 g/mol. The summed E-state index contributed by atoms with van der Waals surface area (Å²) in [5.74, 6) is 0. The van der Waals surface area contributed by atoms with E-state index in [4.69, 9.17) is 4.74 Å². The molecule has 0 aromatic rings. The lowest BCUT2D eigenvalue weighted by Crippen LogP contribution is -2.57. The number of ether oxygens (including phenoxy) is 1. The van der Waals surface area contributed by atoms with Crippen molar-refractivity contribution in [3.8, 4) is 0 Å². The smallest absolute Gasteiger partial charge is 0.409 e. The zero-order chi connectivity index (χ0) is 19.7. The van der Waals surface area contributed by atoms with Gasteiger partial charge in [-0.3, -0.25) is 10.2 Å². The molecule has 160 valence electrons. The van der Waals surface area contributed by atoms with Gasteiger partial charge < -0.3 is 19.6 Å². The third kappa shape index (κ3) is 3.91. The van der Waals surface area contributed by atoms with Crippen LogP contribution in [0.15, 0.2) is 0 Å². The number of nitrogens with one attached hydrogen (secondary N) is 1. The van der Waals surface area contributed by atoms with Gasteiger partial charge in [0, 0.05) is 31.2 Å². The molecule has 3 aliphatic heterocycles. The van der Waals surface area contributed by atoms with Gasteiger partial charge in [0.1, 0.15) is 6.23 Å². The number of hydrogen-bond donors (Lipinski definition) is 2. The molecule has 0 bridgehead atoms. The normalized spacial score (nSPS) is 36.0. The second-order valence-electron chi connectivity index (χ2n) is 9.38. The minimum Gasteiger partial charge on any atom is -0.450 e. The molecule has 7 heteroatoms. The van der Waals surface area contributed by atoms with Crippen LogP contribution in [-0.4, -0.2) is 96.6 Å². The second kappa shape index (κ2) is 8.46. The lowest BCUT2D eigenvalue weighted by Gasteiger charge is -2.52. The number of piperidine rings is 1. The van der Waals surface area contributed by atoms with Crippen molar-refractivity contribution in [1.82, 2.24) is 20.0 Å². The van der Waals surface area contributed by atoms with E-state index in [9.17, 15) is 9.90 Å². The first-order valence-electron chi connectivity index (χ1n) is 11.3. The third-order valence-electron chi connectivity index (χ3n) is 7.79. The van der Waals surface area contributed by atoms with Crippen LogP contribution in [0.5, 0.6) is 0 Å². The molecule has 28 heavy (non-hydrogen) atoms. The molecule has 1 saturated carbocycles. The summed E-state index contributed by atoms with van der Waals surface area (Å²) in [4.78, 5) is 19.1. The van der Waals surface area contributed by atoms with Crippen LogP contribution in [0.2, 0.25) is 0 Å². The number of aliphatic hydroxyl groups excluding tert-OH is 1. The number of amides is 1. The van der Waals surface area contributed by atoms with E-state index in [-0.39, 0.29) is 12.1 Å². The highest BCUT2D eigenvalue weighted by molar-refractivity contribution is 5.68. The Morgan fingerprint density at radius 2 is 1.93 bits per heavy atom. The molecule has 0 aromatic heterocycles. The van der Waals surface area contributed by atoms with Crippen LogP contribution in [0.3, 0.4) is 0 Å². The Morgan fingerprint density at radius 1 is 1.18 bits per heavy atom. The Labute approximate surface area is 169 Å². The van der Waals surface area contributed by atoms with Gasteiger partial charge in [-0.2, -0.15) is 0 Å². The van der Waals surface area contributed by atoms with Crippen molar-refractivity contribution in [3.05, 3.63) is 0 Å². The fraction of sp³-hybridized carbons (Fsp3) is 0.952. The highest BCUT2D eigenvalue weighted by Crippen LogP contribution is 2.50. The molecule has 3 saturated heterocycles. The summed E-state index contributed by atoms with van der Waals surface area (Å²) in [6.45, 7) is 7.55. The molecule has 2 atom stereocenters. The first-order valence-corrected chi connectivity index (χ1v) is 11.3. The van der Waals surface area contributed by atoms with Gasteiger partial charge >= 0.3 is 6.09 Å². The van der Waals surface area contributed by atoms with Crippen LogP contribution in [0.1, 0.15) is 51.9 Å². The van der Waals surface area contributed by atoms with Crippen molar-refractivity contribution in [3.63, 3.8) is 0 Å². The molecule has 1 aliphatic carbocycles. The van der Waals surface area contributed by atoms with Crippen LogP contribution in [0.4, 0.5) is 4.79 Å². The van der Waals surface area contributed by atoms with E-state index >= 15 is 0 Å². The number of likely N-dealkylation sites (N-methyl/N-ethyl adjacent to an activating group) is 1. The SMILES string of the molecule is CCOC(=O)N1CCC2(CC(N3CCC(N4CCC[C@H]4C(O)NC)CC3)C2)C1. The summed E-state index contributed by atoms with van der Waals surface area (Å²) in [7, 11) is 1.85. The standard InChI is InChI=1S/C21H38N4O3/c1-3-28-20(27)24-12-8-21(15-24)13-17(14-21)23-10-6-16(7-11-23)25-9-4-5-18(25)19(26)22-2/h16-19,22,26H,3-15H2,1-2H3/t17?,18-,19?,21?/m0/s1. The van der Waals surface area contributed by atoms with Gasteiger partial charge in [-0.15, -0.1) is 0 Å². The minimum atomic E-state index is -0.406. The number of hydrogen-bond acceptors (Lipinski definition) is 6. The maximum atomic E-state index is 12.0. The molecule has 1 unspecified atom stereocenters. The molecule has 0 radical (unpaired) electrons. The second-order valence-corrected chi connectivity index (χ2v) is 9.38. The number of rotatable bonds is 5. The Kier molecular flexibility index (Phi) is 6.16. The topological polar surface area (TPSA) is 68.3 Å². The predicted octanol–water partition coefficient (Wildman–Crippen LogP) is 1.46. The van der Waals surface area contributed by atoms with E-state index in [0.29, 0.717) is 24.1 Å². The maximum Gasteiger partial charge on any atom is 0.409 e. The molecule has 1 spiro atoms. The molecule has 1 amide bonds. The Bertz CT molecular complexity index is 546. The third-order valence-corrected chi connectivity index (χ3v) is 7.79. The van der Waals surface area contributed by atoms with E-state index in [1.165, 1.54) is 45.2 Å². The molecule has 4 rings (SSSR count).